The van der Waals surface area contributed by atoms with Crippen molar-refractivity contribution in [2.45, 2.75) is 19.6 Å². The molecule has 110 valence electrons. The third kappa shape index (κ3) is 4.53. The lowest BCUT2D eigenvalue weighted by Crippen LogP contribution is -2.31. The van der Waals surface area contributed by atoms with E-state index in [1.165, 1.54) is 17.9 Å². The number of amides is 1. The molecule has 1 N–H and O–H groups in total. The number of carbonyl (C=O) groups is 2. The van der Waals surface area contributed by atoms with Crippen molar-refractivity contribution in [2.75, 3.05) is 5.32 Å². The van der Waals surface area contributed by atoms with Gasteiger partial charge in [0.1, 0.15) is 12.9 Å². The van der Waals surface area contributed by atoms with Gasteiger partial charge < -0.3 is 10.1 Å². The van der Waals surface area contributed by atoms with Gasteiger partial charge in [-0.1, -0.05) is 11.6 Å². The molecule has 1 aromatic carbocycles. The summed E-state index contributed by atoms with van der Waals surface area (Å²) in [6, 6.07) is 6.59. The fraction of sp³-hybridized carbons (Fsp3) is 0.250. The van der Waals surface area contributed by atoms with Crippen molar-refractivity contribution in [3.63, 3.8) is 0 Å². The zero-order valence-electron chi connectivity index (χ0n) is 11.1. The molecule has 1 amide bonds. The van der Waals surface area contributed by atoms with Crippen LogP contribution < -0.4 is 5.32 Å². The van der Waals surface area contributed by atoms with Crippen molar-refractivity contribution in [3.8, 4) is 0 Å². The van der Waals surface area contributed by atoms with E-state index in [1.54, 1.807) is 24.3 Å². The van der Waals surface area contributed by atoms with Gasteiger partial charge >= 0.3 is 5.97 Å². The van der Waals surface area contributed by atoms with Crippen LogP contribution in [0.1, 0.15) is 6.92 Å². The summed E-state index contributed by atoms with van der Waals surface area (Å²) < 4.78 is 6.19. The summed E-state index contributed by atoms with van der Waals surface area (Å²) in [5.74, 6) is -1.05. The Balaban J connectivity index is 1.84. The molecular formula is C12H12ClN5O3. The van der Waals surface area contributed by atoms with Crippen LogP contribution in [0.4, 0.5) is 5.69 Å². The van der Waals surface area contributed by atoms with Gasteiger partial charge in [0.15, 0.2) is 6.10 Å². The number of tetrazole rings is 1. The minimum Gasteiger partial charge on any atom is -0.451 e. The van der Waals surface area contributed by atoms with E-state index in [9.17, 15) is 9.59 Å². The van der Waals surface area contributed by atoms with Crippen LogP contribution in [0.5, 0.6) is 0 Å². The summed E-state index contributed by atoms with van der Waals surface area (Å²) >= 11 is 5.75. The van der Waals surface area contributed by atoms with Crippen molar-refractivity contribution in [2.24, 2.45) is 0 Å². The van der Waals surface area contributed by atoms with E-state index in [1.807, 2.05) is 0 Å². The summed E-state index contributed by atoms with van der Waals surface area (Å²) in [5, 5.41) is 13.5. The molecule has 0 saturated heterocycles. The van der Waals surface area contributed by atoms with Crippen LogP contribution in [0.25, 0.3) is 0 Å². The molecular weight excluding hydrogens is 298 g/mol. The average Bonchev–Trinajstić information content (AvgIpc) is 2.94. The number of ether oxygens (including phenoxy) is 1. The van der Waals surface area contributed by atoms with Gasteiger partial charge in [0, 0.05) is 10.7 Å². The highest BCUT2D eigenvalue weighted by Gasteiger charge is 2.18. The highest BCUT2D eigenvalue weighted by molar-refractivity contribution is 6.30. The Kier molecular flexibility index (Phi) is 4.83. The summed E-state index contributed by atoms with van der Waals surface area (Å²) in [6.45, 7) is 1.31. The summed E-state index contributed by atoms with van der Waals surface area (Å²) in [5.41, 5.74) is 0.563. The number of esters is 1. The molecule has 0 radical (unpaired) electrons. The van der Waals surface area contributed by atoms with E-state index in [2.05, 4.69) is 20.8 Å². The first-order valence-corrected chi connectivity index (χ1v) is 6.39. The topological polar surface area (TPSA) is 99.0 Å². The van der Waals surface area contributed by atoms with Crippen LogP contribution in [-0.2, 0) is 20.9 Å². The molecule has 0 aliphatic rings. The van der Waals surface area contributed by atoms with Crippen LogP contribution in [0.3, 0.4) is 0 Å². The number of rotatable bonds is 5. The van der Waals surface area contributed by atoms with Gasteiger partial charge in [0.25, 0.3) is 5.91 Å². The van der Waals surface area contributed by atoms with Crippen molar-refractivity contribution in [1.29, 1.82) is 0 Å². The molecule has 0 spiro atoms. The Labute approximate surface area is 125 Å². The summed E-state index contributed by atoms with van der Waals surface area (Å²) in [7, 11) is 0. The van der Waals surface area contributed by atoms with E-state index in [0.29, 0.717) is 10.7 Å². The molecule has 8 nitrogen and oxygen atoms in total. The van der Waals surface area contributed by atoms with Crippen molar-refractivity contribution in [3.05, 3.63) is 35.6 Å². The molecule has 0 saturated carbocycles. The summed E-state index contributed by atoms with van der Waals surface area (Å²) in [6.07, 6.45) is 0.337. The fourth-order valence-electron chi connectivity index (χ4n) is 1.45. The second kappa shape index (κ2) is 6.80. The maximum absolute atomic E-state index is 11.9. The smallest absolute Gasteiger partial charge is 0.328 e. The minimum absolute atomic E-state index is 0.161. The first-order valence-electron chi connectivity index (χ1n) is 6.01. The first kappa shape index (κ1) is 14.9. The fourth-order valence-corrected chi connectivity index (χ4v) is 1.58. The SMILES string of the molecule is CC(OC(=O)Cn1cnnn1)C(=O)Nc1ccc(Cl)cc1. The van der Waals surface area contributed by atoms with E-state index in [4.69, 9.17) is 16.3 Å². The number of nitrogens with zero attached hydrogens (tertiary/aromatic N) is 4. The normalized spacial score (nSPS) is 11.7. The van der Waals surface area contributed by atoms with Crippen molar-refractivity contribution in [1.82, 2.24) is 20.2 Å². The Morgan fingerprint density at radius 3 is 2.71 bits per heavy atom. The number of anilines is 1. The van der Waals surface area contributed by atoms with E-state index < -0.39 is 18.0 Å². The van der Waals surface area contributed by atoms with Crippen LogP contribution in [0, 0.1) is 0 Å². The van der Waals surface area contributed by atoms with Gasteiger partial charge in [-0.15, -0.1) is 5.10 Å². The van der Waals surface area contributed by atoms with Crippen LogP contribution in [0.15, 0.2) is 30.6 Å². The first-order chi connectivity index (χ1) is 10.0. The summed E-state index contributed by atoms with van der Waals surface area (Å²) in [4.78, 5) is 23.5. The van der Waals surface area contributed by atoms with Gasteiger partial charge in [0.2, 0.25) is 0 Å². The Morgan fingerprint density at radius 2 is 2.10 bits per heavy atom. The zero-order valence-corrected chi connectivity index (χ0v) is 11.8. The standard InChI is InChI=1S/C12H12ClN5O3/c1-8(21-11(19)6-18-7-14-16-17-18)12(20)15-10-4-2-9(13)3-5-10/h2-5,7-8H,6H2,1H3,(H,15,20). The molecule has 9 heteroatoms. The van der Waals surface area contributed by atoms with E-state index in [0.717, 1.165) is 0 Å². The van der Waals surface area contributed by atoms with Gasteiger partial charge in [-0.2, -0.15) is 0 Å². The maximum atomic E-state index is 11.9. The quantitative estimate of drug-likeness (QED) is 0.824. The van der Waals surface area contributed by atoms with E-state index >= 15 is 0 Å². The number of hydrogen-bond acceptors (Lipinski definition) is 6. The number of aromatic nitrogens is 4. The number of carbonyl (C=O) groups excluding carboxylic acids is 2. The average molecular weight is 310 g/mol. The van der Waals surface area contributed by atoms with Gasteiger partial charge in [-0.3, -0.25) is 9.59 Å². The van der Waals surface area contributed by atoms with Gasteiger partial charge in [-0.25, -0.2) is 4.68 Å². The highest BCUT2D eigenvalue weighted by atomic mass is 35.5. The predicted molar refractivity (Wildman–Crippen MR) is 73.5 cm³/mol. The lowest BCUT2D eigenvalue weighted by atomic mass is 10.3. The molecule has 1 aromatic heterocycles. The molecule has 1 unspecified atom stereocenters. The third-order valence-electron chi connectivity index (χ3n) is 2.47. The number of benzene rings is 1. The largest absolute Gasteiger partial charge is 0.451 e. The molecule has 2 rings (SSSR count). The van der Waals surface area contributed by atoms with Crippen LogP contribution in [-0.4, -0.2) is 38.2 Å². The number of hydrogen-bond donors (Lipinski definition) is 1. The van der Waals surface area contributed by atoms with E-state index in [-0.39, 0.29) is 6.54 Å². The highest BCUT2D eigenvalue weighted by Crippen LogP contribution is 2.13. The monoisotopic (exact) mass is 309 g/mol. The maximum Gasteiger partial charge on any atom is 0.328 e. The van der Waals surface area contributed by atoms with Crippen LogP contribution >= 0.6 is 11.6 Å². The third-order valence-corrected chi connectivity index (χ3v) is 2.72. The second-order valence-electron chi connectivity index (χ2n) is 4.14. The molecule has 2 aromatic rings. The van der Waals surface area contributed by atoms with Crippen LogP contribution in [0.2, 0.25) is 5.02 Å². The molecule has 21 heavy (non-hydrogen) atoms. The predicted octanol–water partition coefficient (Wildman–Crippen LogP) is 0.897. The zero-order chi connectivity index (χ0) is 15.2. The molecule has 0 aliphatic heterocycles. The molecule has 0 fully saturated rings. The second-order valence-corrected chi connectivity index (χ2v) is 4.57. The minimum atomic E-state index is -0.940. The van der Waals surface area contributed by atoms with Gasteiger partial charge in [-0.05, 0) is 41.6 Å². The lowest BCUT2D eigenvalue weighted by molar-refractivity contribution is -0.153. The molecule has 0 aliphatic carbocycles. The van der Waals surface area contributed by atoms with Gasteiger partial charge in [0.05, 0.1) is 0 Å². The molecule has 0 bridgehead atoms. The number of halogens is 1. The lowest BCUT2D eigenvalue weighted by Gasteiger charge is -2.13. The number of nitrogens with one attached hydrogen (secondary N) is 1. The Bertz CT molecular complexity index is 614. The molecule has 1 atom stereocenters. The Hall–Kier alpha value is -2.48. The Morgan fingerprint density at radius 1 is 1.38 bits per heavy atom. The van der Waals surface area contributed by atoms with Crippen molar-refractivity contribution >= 4 is 29.2 Å². The van der Waals surface area contributed by atoms with Crippen molar-refractivity contribution < 1.29 is 14.3 Å². The molecule has 1 heterocycles.